The van der Waals surface area contributed by atoms with Gasteiger partial charge in [-0.05, 0) is 53.9 Å². The van der Waals surface area contributed by atoms with Gasteiger partial charge in [0.1, 0.15) is 0 Å². The van der Waals surface area contributed by atoms with E-state index in [-0.39, 0.29) is 5.78 Å². The van der Waals surface area contributed by atoms with Gasteiger partial charge in [-0.3, -0.25) is 4.79 Å². The summed E-state index contributed by atoms with van der Waals surface area (Å²) in [5.74, 6) is -0.0469. The number of rotatable bonds is 2. The molecule has 2 rings (SSSR count). The lowest BCUT2D eigenvalue weighted by Gasteiger charge is -1.97. The lowest BCUT2D eigenvalue weighted by molar-refractivity contribution is 0.103. The van der Waals surface area contributed by atoms with Crippen LogP contribution in [-0.2, 0) is 0 Å². The quantitative estimate of drug-likeness (QED) is 0.856. The number of nitrogens with one attached hydrogen (secondary N) is 1. The highest BCUT2D eigenvalue weighted by molar-refractivity contribution is 9.10. The summed E-state index contributed by atoms with van der Waals surface area (Å²) >= 11 is 3.21. The smallest absolute Gasteiger partial charge is 0.213 e. The molecular weight excluding hydrogens is 270 g/mol. The Labute approximate surface area is 102 Å². The SMILES string of the molecule is Cc1[nH]c(C(=O)c2ccoc2Br)c(C)c1C. The van der Waals surface area contributed by atoms with E-state index in [0.717, 1.165) is 16.8 Å². The van der Waals surface area contributed by atoms with Crippen molar-refractivity contribution in [1.82, 2.24) is 4.98 Å². The van der Waals surface area contributed by atoms with Crippen LogP contribution in [0.4, 0.5) is 0 Å². The summed E-state index contributed by atoms with van der Waals surface area (Å²) in [7, 11) is 0. The Bertz CT molecular complexity index is 551. The van der Waals surface area contributed by atoms with Gasteiger partial charge in [-0.2, -0.15) is 0 Å². The normalized spacial score (nSPS) is 10.8. The third-order valence-electron chi connectivity index (χ3n) is 2.90. The standard InChI is InChI=1S/C12H12BrNO2/c1-6-7(2)10(14-8(6)3)11(15)9-4-5-16-12(9)13/h4-5,14H,1-3H3. The molecule has 0 atom stereocenters. The molecule has 0 aliphatic carbocycles. The number of carbonyl (C=O) groups is 1. The van der Waals surface area contributed by atoms with Gasteiger partial charge < -0.3 is 9.40 Å². The Kier molecular flexibility index (Phi) is 2.76. The van der Waals surface area contributed by atoms with Gasteiger partial charge in [0.25, 0.3) is 0 Å². The average molecular weight is 282 g/mol. The van der Waals surface area contributed by atoms with Crippen molar-refractivity contribution in [1.29, 1.82) is 0 Å². The van der Waals surface area contributed by atoms with Gasteiger partial charge in [-0.15, -0.1) is 0 Å². The highest BCUT2D eigenvalue weighted by Crippen LogP contribution is 2.24. The number of halogens is 1. The number of furan rings is 1. The van der Waals surface area contributed by atoms with Crippen LogP contribution in [0.3, 0.4) is 0 Å². The minimum atomic E-state index is -0.0469. The van der Waals surface area contributed by atoms with E-state index in [0.29, 0.717) is 15.9 Å². The highest BCUT2D eigenvalue weighted by Gasteiger charge is 2.20. The van der Waals surface area contributed by atoms with Crippen LogP contribution in [0.5, 0.6) is 0 Å². The minimum absolute atomic E-state index is 0.0469. The first-order valence-corrected chi connectivity index (χ1v) is 5.75. The number of aromatic amines is 1. The summed E-state index contributed by atoms with van der Waals surface area (Å²) in [6.07, 6.45) is 1.50. The lowest BCUT2D eigenvalue weighted by Crippen LogP contribution is -2.03. The second-order valence-corrected chi connectivity index (χ2v) is 4.53. The van der Waals surface area contributed by atoms with E-state index in [9.17, 15) is 4.79 Å². The molecule has 0 aliphatic heterocycles. The summed E-state index contributed by atoms with van der Waals surface area (Å²) in [6.45, 7) is 5.91. The molecule has 0 amide bonds. The van der Waals surface area contributed by atoms with Gasteiger partial charge >= 0.3 is 0 Å². The van der Waals surface area contributed by atoms with Crippen molar-refractivity contribution in [2.75, 3.05) is 0 Å². The molecule has 0 aliphatic rings. The second kappa shape index (κ2) is 3.94. The molecule has 84 valence electrons. The van der Waals surface area contributed by atoms with Crippen molar-refractivity contribution in [2.24, 2.45) is 0 Å². The first-order chi connectivity index (χ1) is 7.52. The monoisotopic (exact) mass is 281 g/mol. The molecule has 16 heavy (non-hydrogen) atoms. The molecule has 0 spiro atoms. The molecule has 0 saturated carbocycles. The van der Waals surface area contributed by atoms with Crippen molar-refractivity contribution < 1.29 is 9.21 Å². The maximum Gasteiger partial charge on any atom is 0.213 e. The Balaban J connectivity index is 2.50. The van der Waals surface area contributed by atoms with Crippen LogP contribution >= 0.6 is 15.9 Å². The van der Waals surface area contributed by atoms with E-state index in [1.165, 1.54) is 6.26 Å². The van der Waals surface area contributed by atoms with Gasteiger partial charge in [0, 0.05) is 5.69 Å². The Hall–Kier alpha value is -1.29. The van der Waals surface area contributed by atoms with Gasteiger partial charge in [0.2, 0.25) is 5.78 Å². The average Bonchev–Trinajstić information content (AvgIpc) is 2.77. The number of carbonyl (C=O) groups excluding carboxylic acids is 1. The molecule has 0 fully saturated rings. The summed E-state index contributed by atoms with van der Waals surface area (Å²) in [6, 6.07) is 1.66. The number of H-pyrrole nitrogens is 1. The van der Waals surface area contributed by atoms with Gasteiger partial charge in [0.15, 0.2) is 4.67 Å². The zero-order valence-electron chi connectivity index (χ0n) is 9.35. The zero-order chi connectivity index (χ0) is 11.9. The van der Waals surface area contributed by atoms with Crippen molar-refractivity contribution in [2.45, 2.75) is 20.8 Å². The third kappa shape index (κ3) is 1.63. The fraction of sp³-hybridized carbons (Fsp3) is 0.250. The number of aromatic nitrogens is 1. The second-order valence-electron chi connectivity index (χ2n) is 3.81. The molecule has 3 nitrogen and oxygen atoms in total. The predicted octanol–water partition coefficient (Wildman–Crippen LogP) is 3.53. The van der Waals surface area contributed by atoms with E-state index >= 15 is 0 Å². The molecule has 0 unspecified atom stereocenters. The van der Waals surface area contributed by atoms with Crippen LogP contribution in [0, 0.1) is 20.8 Å². The van der Waals surface area contributed by atoms with E-state index in [4.69, 9.17) is 4.42 Å². The van der Waals surface area contributed by atoms with E-state index in [1.54, 1.807) is 6.07 Å². The van der Waals surface area contributed by atoms with E-state index < -0.39 is 0 Å². The number of aryl methyl sites for hydroxylation is 1. The van der Waals surface area contributed by atoms with Crippen molar-refractivity contribution in [3.8, 4) is 0 Å². The number of hydrogen-bond acceptors (Lipinski definition) is 2. The van der Waals surface area contributed by atoms with Crippen LogP contribution in [-0.4, -0.2) is 10.8 Å². The fourth-order valence-electron chi connectivity index (χ4n) is 1.66. The van der Waals surface area contributed by atoms with Gasteiger partial charge in [-0.1, -0.05) is 0 Å². The maximum absolute atomic E-state index is 12.2. The Morgan fingerprint density at radius 3 is 2.44 bits per heavy atom. The van der Waals surface area contributed by atoms with E-state index in [2.05, 4.69) is 20.9 Å². The molecule has 1 N–H and O–H groups in total. The van der Waals surface area contributed by atoms with Crippen LogP contribution in [0.15, 0.2) is 21.4 Å². The van der Waals surface area contributed by atoms with Crippen molar-refractivity contribution >= 4 is 21.7 Å². The highest BCUT2D eigenvalue weighted by atomic mass is 79.9. The first kappa shape index (κ1) is 11.2. The maximum atomic E-state index is 12.2. The summed E-state index contributed by atoms with van der Waals surface area (Å²) in [5.41, 5.74) is 4.33. The van der Waals surface area contributed by atoms with Gasteiger partial charge in [-0.25, -0.2) is 0 Å². The zero-order valence-corrected chi connectivity index (χ0v) is 10.9. The van der Waals surface area contributed by atoms with E-state index in [1.807, 2.05) is 20.8 Å². The fourth-order valence-corrected chi connectivity index (χ4v) is 2.08. The van der Waals surface area contributed by atoms with Crippen molar-refractivity contribution in [3.05, 3.63) is 45.1 Å². The molecule has 2 heterocycles. The summed E-state index contributed by atoms with van der Waals surface area (Å²) < 4.78 is 5.54. The number of hydrogen-bond donors (Lipinski definition) is 1. The molecule has 0 saturated heterocycles. The first-order valence-electron chi connectivity index (χ1n) is 4.95. The molecule has 0 radical (unpaired) electrons. The molecule has 2 aromatic rings. The molecule has 4 heteroatoms. The Morgan fingerprint density at radius 2 is 2.00 bits per heavy atom. The molecule has 0 aromatic carbocycles. The Morgan fingerprint density at radius 1 is 1.31 bits per heavy atom. The topological polar surface area (TPSA) is 46.0 Å². The largest absolute Gasteiger partial charge is 0.457 e. The van der Waals surface area contributed by atoms with Gasteiger partial charge in [0.05, 0.1) is 17.5 Å². The van der Waals surface area contributed by atoms with Crippen LogP contribution < -0.4 is 0 Å². The van der Waals surface area contributed by atoms with Crippen molar-refractivity contribution in [3.63, 3.8) is 0 Å². The van der Waals surface area contributed by atoms with Crippen LogP contribution in [0.1, 0.15) is 32.9 Å². The number of ketones is 1. The third-order valence-corrected chi connectivity index (χ3v) is 3.52. The lowest BCUT2D eigenvalue weighted by atomic mass is 10.1. The van der Waals surface area contributed by atoms with Crippen LogP contribution in [0.2, 0.25) is 0 Å². The predicted molar refractivity (Wildman–Crippen MR) is 64.8 cm³/mol. The molecule has 0 bridgehead atoms. The molecule has 2 aromatic heterocycles. The summed E-state index contributed by atoms with van der Waals surface area (Å²) in [5, 5.41) is 0. The minimum Gasteiger partial charge on any atom is -0.457 e. The molecular formula is C12H12BrNO2. The van der Waals surface area contributed by atoms with Crippen LogP contribution in [0.25, 0.3) is 0 Å². The summed E-state index contributed by atoms with van der Waals surface area (Å²) in [4.78, 5) is 15.3.